The zero-order valence-corrected chi connectivity index (χ0v) is 10.7. The minimum absolute atomic E-state index is 0.113. The van der Waals surface area contributed by atoms with E-state index in [9.17, 15) is 4.79 Å². The number of ketones is 1. The van der Waals surface area contributed by atoms with Crippen LogP contribution in [0, 0.1) is 11.8 Å². The average molecular weight is 225 g/mol. The number of carbonyl (C=O) groups is 1. The molecule has 0 saturated heterocycles. The number of hydrogen-bond donors (Lipinski definition) is 0. The first-order chi connectivity index (χ1) is 6.99. The molecule has 0 fully saturated rings. The maximum atomic E-state index is 11.5. The van der Waals surface area contributed by atoms with Crippen molar-refractivity contribution in [3.63, 3.8) is 0 Å². The van der Waals surface area contributed by atoms with Gasteiger partial charge in [-0.15, -0.1) is 11.3 Å². The van der Waals surface area contributed by atoms with Gasteiger partial charge in [0.1, 0.15) is 10.8 Å². The maximum absolute atomic E-state index is 11.5. The van der Waals surface area contributed by atoms with E-state index in [1.165, 1.54) is 0 Å². The van der Waals surface area contributed by atoms with Crippen molar-refractivity contribution in [1.29, 1.82) is 0 Å². The molecule has 0 atom stereocenters. The zero-order chi connectivity index (χ0) is 11.4. The third-order valence-electron chi connectivity index (χ3n) is 2.19. The van der Waals surface area contributed by atoms with Gasteiger partial charge in [0.05, 0.1) is 12.1 Å². The molecule has 0 saturated carbocycles. The average Bonchev–Trinajstić information content (AvgIpc) is 2.51. The summed E-state index contributed by atoms with van der Waals surface area (Å²) >= 11 is 1.61. The molecule has 3 heteroatoms. The molecule has 0 aromatic carbocycles. The highest BCUT2D eigenvalue weighted by Gasteiger charge is 2.11. The van der Waals surface area contributed by atoms with Crippen LogP contribution in [-0.2, 0) is 17.6 Å². The van der Waals surface area contributed by atoms with Crippen LogP contribution in [0.15, 0.2) is 5.38 Å². The first-order valence-electron chi connectivity index (χ1n) is 5.45. The molecule has 0 aliphatic heterocycles. The van der Waals surface area contributed by atoms with Gasteiger partial charge < -0.3 is 0 Å². The van der Waals surface area contributed by atoms with Crippen molar-refractivity contribution < 1.29 is 4.79 Å². The van der Waals surface area contributed by atoms with E-state index < -0.39 is 0 Å². The van der Waals surface area contributed by atoms with Gasteiger partial charge in [-0.25, -0.2) is 4.98 Å². The lowest BCUT2D eigenvalue weighted by atomic mass is 10.1. The van der Waals surface area contributed by atoms with Crippen LogP contribution in [0.25, 0.3) is 0 Å². The molecule has 0 aliphatic rings. The minimum atomic E-state index is 0.113. The molecule has 0 unspecified atom stereocenters. The van der Waals surface area contributed by atoms with E-state index in [0.29, 0.717) is 12.3 Å². The topological polar surface area (TPSA) is 30.0 Å². The molecule has 2 nitrogen and oxygen atoms in total. The Kier molecular flexibility index (Phi) is 4.45. The van der Waals surface area contributed by atoms with Crippen LogP contribution in [0.3, 0.4) is 0 Å². The fraction of sp³-hybridized carbons (Fsp3) is 0.667. The highest BCUT2D eigenvalue weighted by molar-refractivity contribution is 7.09. The second kappa shape index (κ2) is 5.40. The number of hydrogen-bond acceptors (Lipinski definition) is 3. The smallest absolute Gasteiger partial charge is 0.142 e. The lowest BCUT2D eigenvalue weighted by Crippen LogP contribution is -2.10. The van der Waals surface area contributed by atoms with E-state index >= 15 is 0 Å². The van der Waals surface area contributed by atoms with Gasteiger partial charge in [0, 0.05) is 11.3 Å². The Balaban J connectivity index is 2.56. The molecule has 1 rings (SSSR count). The van der Waals surface area contributed by atoms with E-state index in [0.717, 1.165) is 17.1 Å². The number of nitrogens with zero attached hydrogens (tertiary/aromatic N) is 1. The predicted octanol–water partition coefficient (Wildman–Crippen LogP) is 3.11. The summed E-state index contributed by atoms with van der Waals surface area (Å²) in [5.41, 5.74) is 1.13. The Morgan fingerprint density at radius 2 is 2.07 bits per heavy atom. The second-order valence-electron chi connectivity index (χ2n) is 4.63. The van der Waals surface area contributed by atoms with Gasteiger partial charge in [-0.3, -0.25) is 4.79 Å². The van der Waals surface area contributed by atoms with Gasteiger partial charge in [-0.05, 0) is 12.3 Å². The number of aromatic nitrogens is 1. The van der Waals surface area contributed by atoms with Crippen molar-refractivity contribution in [3.8, 4) is 0 Å². The van der Waals surface area contributed by atoms with E-state index in [1.807, 2.05) is 13.8 Å². The van der Waals surface area contributed by atoms with Crippen LogP contribution in [0.4, 0.5) is 0 Å². The first-order valence-corrected chi connectivity index (χ1v) is 6.33. The molecule has 84 valence electrons. The minimum Gasteiger partial charge on any atom is -0.299 e. The zero-order valence-electron chi connectivity index (χ0n) is 9.91. The summed E-state index contributed by atoms with van der Waals surface area (Å²) in [4.78, 5) is 16.0. The summed E-state index contributed by atoms with van der Waals surface area (Å²) < 4.78 is 0. The standard InChI is InChI=1S/C12H19NOS/c1-8(2)5-10-7-15-12(13-10)6-11(14)9(3)4/h7-9H,5-6H2,1-4H3. The Labute approximate surface area is 95.7 Å². The molecule has 15 heavy (non-hydrogen) atoms. The highest BCUT2D eigenvalue weighted by atomic mass is 32.1. The fourth-order valence-corrected chi connectivity index (χ4v) is 2.11. The number of thiazole rings is 1. The van der Waals surface area contributed by atoms with Crippen molar-refractivity contribution in [3.05, 3.63) is 16.1 Å². The summed E-state index contributed by atoms with van der Waals surface area (Å²) in [7, 11) is 0. The molecule has 0 bridgehead atoms. The molecule has 1 aromatic rings. The van der Waals surface area contributed by atoms with Crippen molar-refractivity contribution in [1.82, 2.24) is 4.98 Å². The Bertz CT molecular complexity index is 328. The van der Waals surface area contributed by atoms with Crippen LogP contribution in [0.5, 0.6) is 0 Å². The first kappa shape index (κ1) is 12.4. The van der Waals surface area contributed by atoms with Gasteiger partial charge >= 0.3 is 0 Å². The summed E-state index contributed by atoms with van der Waals surface area (Å²) in [6.45, 7) is 8.23. The van der Waals surface area contributed by atoms with Crippen molar-refractivity contribution in [2.24, 2.45) is 11.8 Å². The number of carbonyl (C=O) groups excluding carboxylic acids is 1. The number of Topliss-reactive ketones (excluding diaryl/α,β-unsaturated/α-hetero) is 1. The van der Waals surface area contributed by atoms with Gasteiger partial charge in [-0.1, -0.05) is 27.7 Å². The lowest BCUT2D eigenvalue weighted by Gasteiger charge is -2.01. The normalized spacial score (nSPS) is 11.3. The SMILES string of the molecule is CC(C)Cc1csc(CC(=O)C(C)C)n1. The quantitative estimate of drug-likeness (QED) is 0.770. The molecule has 1 aromatic heterocycles. The molecule has 0 aliphatic carbocycles. The summed E-state index contributed by atoms with van der Waals surface area (Å²) in [5, 5.41) is 3.03. The van der Waals surface area contributed by atoms with Crippen LogP contribution in [0.1, 0.15) is 38.4 Å². The third kappa shape index (κ3) is 4.12. The molecule has 0 radical (unpaired) electrons. The maximum Gasteiger partial charge on any atom is 0.142 e. The van der Waals surface area contributed by atoms with Gasteiger partial charge in [0.25, 0.3) is 0 Å². The van der Waals surface area contributed by atoms with Crippen LogP contribution < -0.4 is 0 Å². The van der Waals surface area contributed by atoms with Gasteiger partial charge in [0.2, 0.25) is 0 Å². The van der Waals surface area contributed by atoms with Gasteiger partial charge in [-0.2, -0.15) is 0 Å². The van der Waals surface area contributed by atoms with E-state index in [1.54, 1.807) is 11.3 Å². The third-order valence-corrected chi connectivity index (χ3v) is 3.08. The van der Waals surface area contributed by atoms with E-state index in [4.69, 9.17) is 0 Å². The molecule has 1 heterocycles. The number of rotatable bonds is 5. The summed E-state index contributed by atoms with van der Waals surface area (Å²) in [6.07, 6.45) is 1.51. The lowest BCUT2D eigenvalue weighted by molar-refractivity contribution is -0.121. The van der Waals surface area contributed by atoms with Crippen LogP contribution in [0.2, 0.25) is 0 Å². The Morgan fingerprint density at radius 1 is 1.40 bits per heavy atom. The van der Waals surface area contributed by atoms with Crippen molar-refractivity contribution >= 4 is 17.1 Å². The van der Waals surface area contributed by atoms with E-state index in [2.05, 4.69) is 24.2 Å². The molecular weight excluding hydrogens is 206 g/mol. The predicted molar refractivity (Wildman–Crippen MR) is 64.2 cm³/mol. The molecular formula is C12H19NOS. The van der Waals surface area contributed by atoms with Crippen LogP contribution in [-0.4, -0.2) is 10.8 Å². The van der Waals surface area contributed by atoms with Crippen molar-refractivity contribution in [2.45, 2.75) is 40.5 Å². The summed E-state index contributed by atoms with van der Waals surface area (Å²) in [5.74, 6) is 1.02. The van der Waals surface area contributed by atoms with Gasteiger partial charge in [0.15, 0.2) is 0 Å². The summed E-state index contributed by atoms with van der Waals surface area (Å²) in [6, 6.07) is 0. The largest absolute Gasteiger partial charge is 0.299 e. The van der Waals surface area contributed by atoms with Crippen LogP contribution >= 0.6 is 11.3 Å². The highest BCUT2D eigenvalue weighted by Crippen LogP contribution is 2.15. The fourth-order valence-electron chi connectivity index (χ4n) is 1.30. The second-order valence-corrected chi connectivity index (χ2v) is 5.57. The van der Waals surface area contributed by atoms with Crippen molar-refractivity contribution in [2.75, 3.05) is 0 Å². The molecule has 0 N–H and O–H groups in total. The Hall–Kier alpha value is -0.700. The molecule has 0 amide bonds. The van der Waals surface area contributed by atoms with E-state index in [-0.39, 0.29) is 11.7 Å². The Morgan fingerprint density at radius 3 is 2.60 bits per heavy atom. The monoisotopic (exact) mass is 225 g/mol. The molecule has 0 spiro atoms.